The van der Waals surface area contributed by atoms with Crippen LogP contribution >= 0.6 is 0 Å². The molecule has 0 saturated heterocycles. The maximum absolute atomic E-state index is 10.4. The molecule has 2 aromatic heterocycles. The molecule has 0 fully saturated rings. The summed E-state index contributed by atoms with van der Waals surface area (Å²) in [5.74, 6) is 0. The lowest BCUT2D eigenvalue weighted by Crippen LogP contribution is -1.89. The molecule has 0 spiro atoms. The van der Waals surface area contributed by atoms with Gasteiger partial charge in [0.2, 0.25) is 0 Å². The minimum atomic E-state index is 0.616. The zero-order chi connectivity index (χ0) is 7.68. The van der Waals surface area contributed by atoms with E-state index in [0.29, 0.717) is 5.56 Å². The molecular formula is C7H5N3O. The molecule has 0 N–H and O–H groups in total. The first-order valence-electron chi connectivity index (χ1n) is 3.14. The van der Waals surface area contributed by atoms with Gasteiger partial charge in [0.25, 0.3) is 0 Å². The topological polar surface area (TPSA) is 47.3 Å². The van der Waals surface area contributed by atoms with Gasteiger partial charge in [-0.15, -0.1) is 0 Å². The fourth-order valence-corrected chi connectivity index (χ4v) is 0.972. The summed E-state index contributed by atoms with van der Waals surface area (Å²) < 4.78 is 1.61. The van der Waals surface area contributed by atoms with Crippen LogP contribution in [0.1, 0.15) is 10.4 Å². The van der Waals surface area contributed by atoms with Gasteiger partial charge in [0.1, 0.15) is 6.33 Å². The van der Waals surface area contributed by atoms with Crippen LogP contribution in [-0.2, 0) is 0 Å². The minimum Gasteiger partial charge on any atom is -0.298 e. The quantitative estimate of drug-likeness (QED) is 0.553. The zero-order valence-electron chi connectivity index (χ0n) is 5.64. The van der Waals surface area contributed by atoms with Crippen molar-refractivity contribution < 1.29 is 4.79 Å². The van der Waals surface area contributed by atoms with Crippen molar-refractivity contribution in [2.75, 3.05) is 0 Å². The number of hydrogen-bond donors (Lipinski definition) is 0. The van der Waals surface area contributed by atoms with Gasteiger partial charge in [0, 0.05) is 11.8 Å². The monoisotopic (exact) mass is 147 g/mol. The molecule has 0 atom stereocenters. The van der Waals surface area contributed by atoms with Crippen LogP contribution in [0.25, 0.3) is 5.52 Å². The third kappa shape index (κ3) is 0.797. The SMILES string of the molecule is O=Cc1ccn2ncncc12. The van der Waals surface area contributed by atoms with Crippen molar-refractivity contribution in [3.05, 3.63) is 30.4 Å². The zero-order valence-corrected chi connectivity index (χ0v) is 5.64. The molecule has 0 aliphatic heterocycles. The number of fused-ring (bicyclic) bond motifs is 1. The van der Waals surface area contributed by atoms with E-state index in [2.05, 4.69) is 10.1 Å². The largest absolute Gasteiger partial charge is 0.298 e. The maximum Gasteiger partial charge on any atom is 0.152 e. The number of rotatable bonds is 1. The van der Waals surface area contributed by atoms with E-state index in [-0.39, 0.29) is 0 Å². The Balaban J connectivity index is 2.86. The summed E-state index contributed by atoms with van der Waals surface area (Å²) >= 11 is 0. The fourth-order valence-electron chi connectivity index (χ4n) is 0.972. The summed E-state index contributed by atoms with van der Waals surface area (Å²) in [6, 6.07) is 1.71. The van der Waals surface area contributed by atoms with Gasteiger partial charge in [-0.05, 0) is 6.07 Å². The molecule has 0 aliphatic carbocycles. The first-order chi connectivity index (χ1) is 5.42. The molecule has 4 heteroatoms. The molecule has 2 heterocycles. The van der Waals surface area contributed by atoms with Crippen molar-refractivity contribution >= 4 is 11.8 Å². The number of aldehydes is 1. The van der Waals surface area contributed by atoms with E-state index in [9.17, 15) is 4.79 Å². The molecule has 0 unspecified atom stereocenters. The van der Waals surface area contributed by atoms with Crippen LogP contribution in [0.4, 0.5) is 0 Å². The molecule has 0 saturated carbocycles. The highest BCUT2D eigenvalue weighted by Gasteiger charge is 1.99. The van der Waals surface area contributed by atoms with E-state index >= 15 is 0 Å². The number of nitrogens with zero attached hydrogens (tertiary/aromatic N) is 3. The van der Waals surface area contributed by atoms with Gasteiger partial charge in [-0.2, -0.15) is 5.10 Å². The average Bonchev–Trinajstić information content (AvgIpc) is 2.47. The van der Waals surface area contributed by atoms with Crippen LogP contribution in [0, 0.1) is 0 Å². The molecule has 54 valence electrons. The second-order valence-electron chi connectivity index (χ2n) is 2.13. The van der Waals surface area contributed by atoms with Crippen molar-refractivity contribution in [3.8, 4) is 0 Å². The minimum absolute atomic E-state index is 0.616. The molecule has 0 aliphatic rings. The van der Waals surface area contributed by atoms with Crippen LogP contribution in [0.2, 0.25) is 0 Å². The molecule has 11 heavy (non-hydrogen) atoms. The summed E-state index contributed by atoms with van der Waals surface area (Å²) in [5, 5.41) is 3.90. The molecule has 2 aromatic rings. The predicted molar refractivity (Wildman–Crippen MR) is 38.4 cm³/mol. The second kappa shape index (κ2) is 2.16. The van der Waals surface area contributed by atoms with E-state index in [4.69, 9.17) is 0 Å². The Bertz CT molecular complexity index is 393. The highest BCUT2D eigenvalue weighted by Crippen LogP contribution is 2.05. The summed E-state index contributed by atoms with van der Waals surface area (Å²) in [4.78, 5) is 14.2. The Morgan fingerprint density at radius 1 is 1.55 bits per heavy atom. The van der Waals surface area contributed by atoms with Gasteiger partial charge in [-0.1, -0.05) is 0 Å². The van der Waals surface area contributed by atoms with Crippen molar-refractivity contribution in [2.45, 2.75) is 0 Å². The lowest BCUT2D eigenvalue weighted by Gasteiger charge is -1.89. The van der Waals surface area contributed by atoms with Crippen molar-refractivity contribution in [2.24, 2.45) is 0 Å². The standard InChI is InChI=1S/C7H5N3O/c11-4-6-1-2-10-7(6)3-8-5-9-10/h1-5H. The summed E-state index contributed by atoms with van der Waals surface area (Å²) in [6.45, 7) is 0. The van der Waals surface area contributed by atoms with E-state index in [1.165, 1.54) is 6.33 Å². The lowest BCUT2D eigenvalue weighted by atomic mass is 10.3. The second-order valence-corrected chi connectivity index (χ2v) is 2.13. The van der Waals surface area contributed by atoms with E-state index in [1.54, 1.807) is 23.0 Å². The number of carbonyl (C=O) groups excluding carboxylic acids is 1. The molecule has 0 aromatic carbocycles. The Hall–Kier alpha value is -1.71. The molecule has 0 radical (unpaired) electrons. The van der Waals surface area contributed by atoms with Gasteiger partial charge < -0.3 is 0 Å². The molecule has 0 bridgehead atoms. The average molecular weight is 147 g/mol. The van der Waals surface area contributed by atoms with Gasteiger partial charge in [0.15, 0.2) is 6.29 Å². The van der Waals surface area contributed by atoms with Gasteiger partial charge in [-0.25, -0.2) is 9.50 Å². The van der Waals surface area contributed by atoms with Crippen LogP contribution in [0.5, 0.6) is 0 Å². The number of hydrogen-bond acceptors (Lipinski definition) is 3. The van der Waals surface area contributed by atoms with Crippen molar-refractivity contribution in [3.63, 3.8) is 0 Å². The molecule has 0 amide bonds. The number of carbonyl (C=O) groups is 1. The highest BCUT2D eigenvalue weighted by molar-refractivity contribution is 5.85. The van der Waals surface area contributed by atoms with E-state index in [1.807, 2.05) is 0 Å². The lowest BCUT2D eigenvalue weighted by molar-refractivity contribution is 0.112. The third-order valence-corrected chi connectivity index (χ3v) is 1.50. The van der Waals surface area contributed by atoms with Crippen LogP contribution in [0.15, 0.2) is 24.8 Å². The van der Waals surface area contributed by atoms with Crippen molar-refractivity contribution in [1.29, 1.82) is 0 Å². The Kier molecular flexibility index (Phi) is 1.18. The Morgan fingerprint density at radius 3 is 3.27 bits per heavy atom. The van der Waals surface area contributed by atoms with Crippen molar-refractivity contribution in [1.82, 2.24) is 14.6 Å². The van der Waals surface area contributed by atoms with Crippen LogP contribution in [-0.4, -0.2) is 20.9 Å². The fraction of sp³-hybridized carbons (Fsp3) is 0. The molecule has 4 nitrogen and oxygen atoms in total. The third-order valence-electron chi connectivity index (χ3n) is 1.50. The first kappa shape index (κ1) is 6.03. The maximum atomic E-state index is 10.4. The van der Waals surface area contributed by atoms with Gasteiger partial charge >= 0.3 is 0 Å². The number of aromatic nitrogens is 3. The highest BCUT2D eigenvalue weighted by atomic mass is 16.1. The van der Waals surface area contributed by atoms with E-state index in [0.717, 1.165) is 11.8 Å². The molecule has 2 rings (SSSR count). The first-order valence-corrected chi connectivity index (χ1v) is 3.14. The van der Waals surface area contributed by atoms with Crippen LogP contribution < -0.4 is 0 Å². The van der Waals surface area contributed by atoms with E-state index < -0.39 is 0 Å². The van der Waals surface area contributed by atoms with Gasteiger partial charge in [-0.3, -0.25) is 4.79 Å². The summed E-state index contributed by atoms with van der Waals surface area (Å²) in [6.07, 6.45) is 5.55. The summed E-state index contributed by atoms with van der Waals surface area (Å²) in [7, 11) is 0. The predicted octanol–water partition coefficient (Wildman–Crippen LogP) is 0.542. The Morgan fingerprint density at radius 2 is 2.45 bits per heavy atom. The Labute approximate surface area is 62.5 Å². The normalized spacial score (nSPS) is 10.2. The summed E-state index contributed by atoms with van der Waals surface area (Å²) in [5.41, 5.74) is 1.35. The molecular weight excluding hydrogens is 142 g/mol. The smallest absolute Gasteiger partial charge is 0.152 e. The van der Waals surface area contributed by atoms with Gasteiger partial charge in [0.05, 0.1) is 11.7 Å². The van der Waals surface area contributed by atoms with Crippen LogP contribution in [0.3, 0.4) is 0 Å².